The molecule has 4 aromatic rings. The first-order valence-corrected chi connectivity index (χ1v) is 10.2. The summed E-state index contributed by atoms with van der Waals surface area (Å²) in [5.74, 6) is -0.247. The highest BCUT2D eigenvalue weighted by Gasteiger charge is 2.44. The van der Waals surface area contributed by atoms with Crippen LogP contribution in [0.3, 0.4) is 0 Å². The van der Waals surface area contributed by atoms with Gasteiger partial charge in [0.2, 0.25) is 0 Å². The number of nitrogens with one attached hydrogen (secondary N) is 1. The molecule has 1 aliphatic rings. The average Bonchev–Trinajstić information content (AvgIpc) is 3.15. The molecule has 0 bridgehead atoms. The molecular weight excluding hydrogens is 372 g/mol. The van der Waals surface area contributed by atoms with E-state index in [1.807, 2.05) is 24.3 Å². The van der Waals surface area contributed by atoms with Crippen molar-refractivity contribution in [2.45, 2.75) is 18.2 Å². The van der Waals surface area contributed by atoms with Gasteiger partial charge in [0, 0.05) is 0 Å². The predicted molar refractivity (Wildman–Crippen MR) is 120 cm³/mol. The highest BCUT2D eigenvalue weighted by molar-refractivity contribution is 5.85. The summed E-state index contributed by atoms with van der Waals surface area (Å²) in [6.45, 7) is 0. The van der Waals surface area contributed by atoms with E-state index in [2.05, 4.69) is 77.9 Å². The normalized spacial score (nSPS) is 21.9. The smallest absolute Gasteiger partial charge is 0.324 e. The van der Waals surface area contributed by atoms with Crippen LogP contribution in [0.1, 0.15) is 23.3 Å². The van der Waals surface area contributed by atoms with Gasteiger partial charge >= 0.3 is 5.97 Å². The number of hydrogen-bond acceptors (Lipinski definition) is 4. The van der Waals surface area contributed by atoms with Gasteiger partial charge in [0.25, 0.3) is 0 Å². The van der Waals surface area contributed by atoms with Crippen molar-refractivity contribution in [3.05, 3.63) is 96.1 Å². The molecule has 4 aromatic carbocycles. The van der Waals surface area contributed by atoms with Crippen molar-refractivity contribution in [1.82, 2.24) is 10.2 Å². The lowest BCUT2D eigenvalue weighted by molar-refractivity contribution is -0.143. The second-order valence-corrected chi connectivity index (χ2v) is 7.89. The quantitative estimate of drug-likeness (QED) is 0.505. The Kier molecular flexibility index (Phi) is 4.74. The van der Waals surface area contributed by atoms with Crippen molar-refractivity contribution in [2.75, 3.05) is 14.2 Å². The number of methoxy groups -OCH3 is 1. The minimum absolute atomic E-state index is 0.0878. The van der Waals surface area contributed by atoms with Crippen molar-refractivity contribution in [3.63, 3.8) is 0 Å². The Labute approximate surface area is 176 Å². The Balaban J connectivity index is 1.56. The predicted octanol–water partition coefficient (Wildman–Crippen LogP) is 4.81. The number of likely N-dealkylation sites (N-methyl/N-ethyl adjacent to an activating group) is 1. The number of fused-ring (bicyclic) bond motifs is 2. The molecule has 0 spiro atoms. The van der Waals surface area contributed by atoms with Gasteiger partial charge in [-0.05, 0) is 51.9 Å². The summed E-state index contributed by atoms with van der Waals surface area (Å²) in [7, 11) is 3.51. The summed E-state index contributed by atoms with van der Waals surface area (Å²) in [5.41, 5.74) is 2.23. The summed E-state index contributed by atoms with van der Waals surface area (Å²) in [5, 5.41) is 8.27. The molecule has 3 atom stereocenters. The van der Waals surface area contributed by atoms with Gasteiger partial charge in [-0.2, -0.15) is 0 Å². The van der Waals surface area contributed by atoms with Gasteiger partial charge in [-0.15, -0.1) is 0 Å². The van der Waals surface area contributed by atoms with E-state index in [9.17, 15) is 4.79 Å². The molecule has 1 aliphatic heterocycles. The maximum atomic E-state index is 12.7. The first-order valence-electron chi connectivity index (χ1n) is 10.2. The van der Waals surface area contributed by atoms with Crippen LogP contribution in [0.2, 0.25) is 0 Å². The fraction of sp³-hybridized carbons (Fsp3) is 0.192. The lowest BCUT2D eigenvalue weighted by Crippen LogP contribution is -2.36. The van der Waals surface area contributed by atoms with Crippen LogP contribution in [-0.2, 0) is 9.53 Å². The molecule has 0 aliphatic carbocycles. The van der Waals surface area contributed by atoms with E-state index >= 15 is 0 Å². The fourth-order valence-corrected chi connectivity index (χ4v) is 4.63. The number of benzene rings is 4. The number of esters is 1. The Morgan fingerprint density at radius 1 is 0.800 bits per heavy atom. The van der Waals surface area contributed by atoms with Crippen LogP contribution in [0, 0.1) is 0 Å². The molecule has 4 nitrogen and oxygen atoms in total. The van der Waals surface area contributed by atoms with Crippen molar-refractivity contribution in [1.29, 1.82) is 0 Å². The molecule has 0 saturated carbocycles. The van der Waals surface area contributed by atoms with Crippen LogP contribution in [0.25, 0.3) is 21.5 Å². The maximum Gasteiger partial charge on any atom is 0.324 e. The molecule has 0 aromatic heterocycles. The maximum absolute atomic E-state index is 12.7. The van der Waals surface area contributed by atoms with Gasteiger partial charge in [-0.1, -0.05) is 72.8 Å². The Bertz CT molecular complexity index is 1240. The zero-order valence-corrected chi connectivity index (χ0v) is 17.1. The topological polar surface area (TPSA) is 41.6 Å². The van der Waals surface area contributed by atoms with E-state index in [0.717, 1.165) is 11.1 Å². The van der Waals surface area contributed by atoms with Crippen LogP contribution in [0.5, 0.6) is 0 Å². The van der Waals surface area contributed by atoms with E-state index in [1.54, 1.807) is 0 Å². The van der Waals surface area contributed by atoms with Crippen molar-refractivity contribution in [2.24, 2.45) is 0 Å². The van der Waals surface area contributed by atoms with E-state index in [4.69, 9.17) is 4.74 Å². The molecule has 30 heavy (non-hydrogen) atoms. The van der Waals surface area contributed by atoms with Crippen molar-refractivity contribution < 1.29 is 9.53 Å². The molecule has 5 rings (SSSR count). The SMILES string of the molecule is COC(=O)[C@H]1N[C@@H](c2ccc3ccccc3c2)N(C)[C@H]1c1ccc2ccccc2c1. The van der Waals surface area contributed by atoms with Crippen LogP contribution in [0.15, 0.2) is 84.9 Å². The summed E-state index contributed by atoms with van der Waals surface area (Å²) in [6, 6.07) is 28.9. The Morgan fingerprint density at radius 3 is 1.93 bits per heavy atom. The van der Waals surface area contributed by atoms with E-state index in [-0.39, 0.29) is 18.2 Å². The van der Waals surface area contributed by atoms with Crippen molar-refractivity contribution in [3.8, 4) is 0 Å². The zero-order valence-electron chi connectivity index (χ0n) is 17.1. The minimum atomic E-state index is -0.447. The zero-order chi connectivity index (χ0) is 20.7. The molecular formula is C26H24N2O2. The van der Waals surface area contributed by atoms with Crippen molar-refractivity contribution >= 4 is 27.5 Å². The summed E-state index contributed by atoms with van der Waals surface area (Å²) in [6.07, 6.45) is -0.0878. The minimum Gasteiger partial charge on any atom is -0.468 e. The molecule has 0 radical (unpaired) electrons. The second kappa shape index (κ2) is 7.56. The van der Waals surface area contributed by atoms with Gasteiger partial charge in [0.05, 0.1) is 19.3 Å². The number of hydrogen-bond donors (Lipinski definition) is 1. The van der Waals surface area contributed by atoms with E-state index in [1.165, 1.54) is 28.7 Å². The van der Waals surface area contributed by atoms with Gasteiger partial charge < -0.3 is 4.74 Å². The summed E-state index contributed by atoms with van der Waals surface area (Å²) in [4.78, 5) is 14.9. The van der Waals surface area contributed by atoms with Gasteiger partial charge in [0.1, 0.15) is 6.04 Å². The number of carbonyl (C=O) groups is 1. The third-order valence-corrected chi connectivity index (χ3v) is 6.16. The molecule has 4 heteroatoms. The largest absolute Gasteiger partial charge is 0.468 e. The molecule has 1 fully saturated rings. The molecule has 1 N–H and O–H groups in total. The standard InChI is InChI=1S/C26H24N2O2/c1-28-24(21-13-11-17-7-3-5-9-19(17)15-21)23(26(29)30-2)27-25(28)22-14-12-18-8-4-6-10-20(18)16-22/h3-16,23-25,27H,1-2H3/t23-,24-,25+/m0/s1. The van der Waals surface area contributed by atoms with E-state index in [0.29, 0.717) is 0 Å². The van der Waals surface area contributed by atoms with Crippen LogP contribution < -0.4 is 5.32 Å². The lowest BCUT2D eigenvalue weighted by atomic mass is 9.97. The Hall–Kier alpha value is -3.21. The lowest BCUT2D eigenvalue weighted by Gasteiger charge is -2.26. The number of nitrogens with zero attached hydrogens (tertiary/aromatic N) is 1. The molecule has 1 saturated heterocycles. The highest BCUT2D eigenvalue weighted by Crippen LogP contribution is 2.39. The number of carbonyl (C=O) groups excluding carboxylic acids is 1. The fourth-order valence-electron chi connectivity index (χ4n) is 4.63. The van der Waals surface area contributed by atoms with Crippen LogP contribution in [0.4, 0.5) is 0 Å². The van der Waals surface area contributed by atoms with Gasteiger partial charge in [-0.25, -0.2) is 0 Å². The molecule has 150 valence electrons. The summed E-state index contributed by atoms with van der Waals surface area (Å²) < 4.78 is 5.15. The third-order valence-electron chi connectivity index (χ3n) is 6.16. The number of ether oxygens (including phenoxy) is 1. The third kappa shape index (κ3) is 3.15. The molecule has 1 heterocycles. The summed E-state index contributed by atoms with van der Waals surface area (Å²) >= 11 is 0. The molecule has 0 amide bonds. The second-order valence-electron chi connectivity index (χ2n) is 7.89. The number of rotatable bonds is 3. The first-order chi connectivity index (χ1) is 14.7. The monoisotopic (exact) mass is 396 g/mol. The Morgan fingerprint density at radius 2 is 1.33 bits per heavy atom. The van der Waals surface area contributed by atoms with Gasteiger partial charge in [-0.3, -0.25) is 15.0 Å². The highest BCUT2D eigenvalue weighted by atomic mass is 16.5. The average molecular weight is 396 g/mol. The molecule has 0 unspecified atom stereocenters. The first kappa shape index (κ1) is 18.8. The van der Waals surface area contributed by atoms with Crippen LogP contribution in [-0.4, -0.2) is 31.1 Å². The van der Waals surface area contributed by atoms with Crippen LogP contribution >= 0.6 is 0 Å². The van der Waals surface area contributed by atoms with E-state index < -0.39 is 6.04 Å². The van der Waals surface area contributed by atoms with Gasteiger partial charge in [0.15, 0.2) is 0 Å².